The van der Waals surface area contributed by atoms with E-state index in [0.29, 0.717) is 6.61 Å². The van der Waals surface area contributed by atoms with Crippen molar-refractivity contribution >= 4 is 16.7 Å². The Morgan fingerprint density at radius 3 is 2.83 bits per heavy atom. The molecule has 1 atom stereocenters. The first-order valence-corrected chi connectivity index (χ1v) is 7.72. The molecule has 1 unspecified atom stereocenters. The van der Waals surface area contributed by atoms with Crippen molar-refractivity contribution in [2.24, 2.45) is 0 Å². The van der Waals surface area contributed by atoms with E-state index in [0.717, 1.165) is 22.0 Å². The van der Waals surface area contributed by atoms with Crippen LogP contribution in [0.15, 0.2) is 36.4 Å². The summed E-state index contributed by atoms with van der Waals surface area (Å²) in [6.07, 6.45) is -0.801. The van der Waals surface area contributed by atoms with Gasteiger partial charge in [-0.25, -0.2) is 4.79 Å². The van der Waals surface area contributed by atoms with Crippen LogP contribution < -0.4 is 4.74 Å². The van der Waals surface area contributed by atoms with E-state index in [1.54, 1.807) is 13.8 Å². The van der Waals surface area contributed by atoms with Crippen LogP contribution >= 0.6 is 0 Å². The first-order chi connectivity index (χ1) is 11.6. The predicted octanol–water partition coefficient (Wildman–Crippen LogP) is 2.45. The standard InChI is InChI=1S/C17H18N4O3/c1-4-23-16(22)12(3)24-17-18-19-20-21(17)15-11(2)9-10-13-7-5-6-8-14(13)15/h5-10,12H,4H2,1-3H3. The highest BCUT2D eigenvalue weighted by Gasteiger charge is 2.21. The van der Waals surface area contributed by atoms with Crippen LogP contribution in [-0.2, 0) is 9.53 Å². The van der Waals surface area contributed by atoms with Gasteiger partial charge in [0.05, 0.1) is 12.3 Å². The summed E-state index contributed by atoms with van der Waals surface area (Å²) in [5, 5.41) is 13.7. The Labute approximate surface area is 139 Å². The molecule has 2 aromatic carbocycles. The fourth-order valence-corrected chi connectivity index (χ4v) is 2.50. The van der Waals surface area contributed by atoms with Gasteiger partial charge in [-0.2, -0.15) is 4.68 Å². The van der Waals surface area contributed by atoms with Gasteiger partial charge in [0, 0.05) is 5.39 Å². The highest BCUT2D eigenvalue weighted by atomic mass is 16.6. The molecule has 0 aliphatic carbocycles. The number of hydrogen-bond acceptors (Lipinski definition) is 6. The van der Waals surface area contributed by atoms with Crippen molar-refractivity contribution in [1.29, 1.82) is 0 Å². The molecule has 0 aliphatic heterocycles. The van der Waals surface area contributed by atoms with Crippen molar-refractivity contribution in [2.45, 2.75) is 26.9 Å². The summed E-state index contributed by atoms with van der Waals surface area (Å²) in [7, 11) is 0. The van der Waals surface area contributed by atoms with Crippen molar-refractivity contribution < 1.29 is 14.3 Å². The summed E-state index contributed by atoms with van der Waals surface area (Å²) < 4.78 is 12.1. The van der Waals surface area contributed by atoms with Crippen molar-refractivity contribution in [2.75, 3.05) is 6.61 Å². The van der Waals surface area contributed by atoms with Gasteiger partial charge in [0.1, 0.15) is 0 Å². The topological polar surface area (TPSA) is 79.1 Å². The molecule has 0 radical (unpaired) electrons. The second kappa shape index (κ2) is 6.66. The maximum atomic E-state index is 11.8. The van der Waals surface area contributed by atoms with Gasteiger partial charge in [-0.05, 0) is 42.1 Å². The van der Waals surface area contributed by atoms with E-state index in [-0.39, 0.29) is 6.01 Å². The van der Waals surface area contributed by atoms with Crippen molar-refractivity contribution in [3.8, 4) is 11.7 Å². The molecule has 24 heavy (non-hydrogen) atoms. The van der Waals surface area contributed by atoms with Crippen molar-refractivity contribution in [3.63, 3.8) is 0 Å². The van der Waals surface area contributed by atoms with Crippen LogP contribution in [0.5, 0.6) is 6.01 Å². The molecule has 7 heteroatoms. The summed E-state index contributed by atoms with van der Waals surface area (Å²) in [6, 6.07) is 12.1. The highest BCUT2D eigenvalue weighted by Crippen LogP contribution is 2.27. The molecule has 0 amide bonds. The lowest BCUT2D eigenvalue weighted by Crippen LogP contribution is -2.27. The van der Waals surface area contributed by atoms with E-state index in [9.17, 15) is 4.79 Å². The van der Waals surface area contributed by atoms with E-state index in [1.807, 2.05) is 43.3 Å². The van der Waals surface area contributed by atoms with Gasteiger partial charge in [0.25, 0.3) is 0 Å². The number of aryl methyl sites for hydroxylation is 1. The fraction of sp³-hybridized carbons (Fsp3) is 0.294. The number of rotatable bonds is 5. The molecule has 7 nitrogen and oxygen atoms in total. The summed E-state index contributed by atoms with van der Waals surface area (Å²) in [5.41, 5.74) is 1.82. The lowest BCUT2D eigenvalue weighted by Gasteiger charge is -2.14. The van der Waals surface area contributed by atoms with Gasteiger partial charge < -0.3 is 9.47 Å². The van der Waals surface area contributed by atoms with Gasteiger partial charge in [0.15, 0.2) is 6.10 Å². The quantitative estimate of drug-likeness (QED) is 0.670. The second-order valence-electron chi connectivity index (χ2n) is 5.34. The highest BCUT2D eigenvalue weighted by molar-refractivity contribution is 5.91. The van der Waals surface area contributed by atoms with Crippen molar-refractivity contribution in [3.05, 3.63) is 42.0 Å². The summed E-state index contributed by atoms with van der Waals surface area (Å²) in [5.74, 6) is -0.457. The Hall–Kier alpha value is -2.96. The average molecular weight is 326 g/mol. The molecule has 1 aromatic heterocycles. The predicted molar refractivity (Wildman–Crippen MR) is 88.1 cm³/mol. The molecule has 0 saturated carbocycles. The van der Waals surface area contributed by atoms with Gasteiger partial charge in [-0.1, -0.05) is 41.5 Å². The van der Waals surface area contributed by atoms with Gasteiger partial charge in [-0.3, -0.25) is 0 Å². The molecule has 0 fully saturated rings. The minimum Gasteiger partial charge on any atom is -0.463 e. The lowest BCUT2D eigenvalue weighted by molar-refractivity contribution is -0.150. The minimum absolute atomic E-state index is 0.148. The zero-order valence-corrected chi connectivity index (χ0v) is 13.8. The summed E-state index contributed by atoms with van der Waals surface area (Å²) in [4.78, 5) is 11.8. The number of aromatic nitrogens is 4. The van der Waals surface area contributed by atoms with Crippen LogP contribution in [0, 0.1) is 6.92 Å². The molecule has 124 valence electrons. The number of ether oxygens (including phenoxy) is 2. The monoisotopic (exact) mass is 326 g/mol. The molecule has 0 aliphatic rings. The Morgan fingerprint density at radius 2 is 2.04 bits per heavy atom. The Morgan fingerprint density at radius 1 is 1.25 bits per heavy atom. The molecule has 3 aromatic rings. The Bertz CT molecular complexity index is 875. The number of nitrogens with zero attached hydrogens (tertiary/aromatic N) is 4. The van der Waals surface area contributed by atoms with Gasteiger partial charge in [0.2, 0.25) is 0 Å². The number of esters is 1. The lowest BCUT2D eigenvalue weighted by atomic mass is 10.0. The zero-order chi connectivity index (χ0) is 17.1. The Balaban J connectivity index is 2.02. The maximum absolute atomic E-state index is 11.8. The number of benzene rings is 2. The third-order valence-electron chi connectivity index (χ3n) is 3.66. The SMILES string of the molecule is CCOC(=O)C(C)Oc1nnnn1-c1c(C)ccc2ccccc12. The summed E-state index contributed by atoms with van der Waals surface area (Å²) in [6.45, 7) is 5.61. The number of carbonyl (C=O) groups is 1. The molecule has 0 spiro atoms. The van der Waals surface area contributed by atoms with E-state index in [2.05, 4.69) is 15.5 Å². The molecular weight excluding hydrogens is 308 g/mol. The first-order valence-electron chi connectivity index (χ1n) is 7.72. The fourth-order valence-electron chi connectivity index (χ4n) is 2.50. The molecule has 0 N–H and O–H groups in total. The minimum atomic E-state index is -0.801. The largest absolute Gasteiger partial charge is 0.463 e. The van der Waals surface area contributed by atoms with Gasteiger partial charge in [-0.15, -0.1) is 0 Å². The molecule has 1 heterocycles. The van der Waals surface area contributed by atoms with Crippen LogP contribution in [0.3, 0.4) is 0 Å². The van der Waals surface area contributed by atoms with E-state index < -0.39 is 12.1 Å². The number of hydrogen-bond donors (Lipinski definition) is 0. The smallest absolute Gasteiger partial charge is 0.347 e. The van der Waals surface area contributed by atoms with Crippen LogP contribution in [0.1, 0.15) is 19.4 Å². The molecular formula is C17H18N4O3. The van der Waals surface area contributed by atoms with Gasteiger partial charge >= 0.3 is 12.0 Å². The summed E-state index contributed by atoms with van der Waals surface area (Å²) >= 11 is 0. The van der Waals surface area contributed by atoms with E-state index >= 15 is 0 Å². The second-order valence-corrected chi connectivity index (χ2v) is 5.34. The molecule has 0 saturated heterocycles. The number of fused-ring (bicyclic) bond motifs is 1. The van der Waals surface area contributed by atoms with Crippen LogP contribution in [-0.4, -0.2) is 38.9 Å². The average Bonchev–Trinajstić information content (AvgIpc) is 3.02. The Kier molecular flexibility index (Phi) is 4.41. The molecule has 3 rings (SSSR count). The zero-order valence-electron chi connectivity index (χ0n) is 13.8. The third-order valence-corrected chi connectivity index (χ3v) is 3.66. The van der Waals surface area contributed by atoms with Crippen molar-refractivity contribution in [1.82, 2.24) is 20.2 Å². The van der Waals surface area contributed by atoms with E-state index in [1.165, 1.54) is 4.68 Å². The maximum Gasteiger partial charge on any atom is 0.347 e. The van der Waals surface area contributed by atoms with Crippen LogP contribution in [0.25, 0.3) is 16.5 Å². The van der Waals surface area contributed by atoms with E-state index in [4.69, 9.17) is 9.47 Å². The normalized spacial score (nSPS) is 12.1. The number of carbonyl (C=O) groups excluding carboxylic acids is 1. The van der Waals surface area contributed by atoms with Crippen LogP contribution in [0.4, 0.5) is 0 Å². The molecule has 0 bridgehead atoms. The first kappa shape index (κ1) is 15.9. The third kappa shape index (κ3) is 2.92. The number of tetrazole rings is 1. The van der Waals surface area contributed by atoms with Crippen LogP contribution in [0.2, 0.25) is 0 Å².